The third-order valence-corrected chi connectivity index (χ3v) is 9.82. The molecule has 0 radical (unpaired) electrons. The van der Waals surface area contributed by atoms with Gasteiger partial charge in [-0.1, -0.05) is 18.2 Å². The van der Waals surface area contributed by atoms with E-state index in [0.717, 1.165) is 0 Å². The van der Waals surface area contributed by atoms with Gasteiger partial charge in [0.25, 0.3) is 0 Å². The molecule has 4 rings (SSSR count). The van der Waals surface area contributed by atoms with E-state index in [1.165, 1.54) is 15.7 Å². The number of methoxy groups -OCH3 is 1. The molecule has 1 aliphatic carbocycles. The molecule has 0 N–H and O–H groups in total. The quantitative estimate of drug-likeness (QED) is 0.745. The molecule has 3 aliphatic rings. The van der Waals surface area contributed by atoms with Crippen molar-refractivity contribution in [1.29, 1.82) is 0 Å². The number of hydrogen-bond acceptors (Lipinski definition) is 5. The van der Waals surface area contributed by atoms with Crippen molar-refractivity contribution in [2.75, 3.05) is 33.4 Å². The van der Waals surface area contributed by atoms with Crippen molar-refractivity contribution in [3.8, 4) is 0 Å². The predicted molar refractivity (Wildman–Crippen MR) is 92.0 cm³/mol. The van der Waals surface area contributed by atoms with Gasteiger partial charge in [-0.3, -0.25) is 0 Å². The maximum Gasteiger partial charge on any atom is 0.244 e. The molecule has 1 aromatic rings. The van der Waals surface area contributed by atoms with Gasteiger partial charge in [0.2, 0.25) is 20.0 Å². The number of benzene rings is 1. The van der Waals surface area contributed by atoms with Crippen molar-refractivity contribution in [2.24, 2.45) is 0 Å². The minimum atomic E-state index is -3.65. The first-order chi connectivity index (χ1) is 11.8. The van der Waals surface area contributed by atoms with E-state index in [1.54, 1.807) is 12.1 Å². The van der Waals surface area contributed by atoms with Crippen LogP contribution in [0.25, 0.3) is 0 Å². The fourth-order valence-corrected chi connectivity index (χ4v) is 7.98. The fraction of sp³-hybridized carbons (Fsp3) is 0.625. The van der Waals surface area contributed by atoms with Gasteiger partial charge >= 0.3 is 0 Å². The summed E-state index contributed by atoms with van der Waals surface area (Å²) in [5, 5.41) is -0.289. The van der Waals surface area contributed by atoms with Crippen molar-refractivity contribution in [2.45, 2.75) is 34.9 Å². The molecule has 138 valence electrons. The summed E-state index contributed by atoms with van der Waals surface area (Å²) in [5.41, 5.74) is -0.116. The van der Waals surface area contributed by atoms with Crippen LogP contribution in [0.2, 0.25) is 0 Å². The van der Waals surface area contributed by atoms with Crippen LogP contribution in [0.1, 0.15) is 24.8 Å². The van der Waals surface area contributed by atoms with Crippen LogP contribution in [0.4, 0.5) is 0 Å². The highest BCUT2D eigenvalue weighted by Gasteiger charge is 2.59. The lowest BCUT2D eigenvalue weighted by atomic mass is 9.89. The van der Waals surface area contributed by atoms with E-state index in [-0.39, 0.29) is 29.8 Å². The van der Waals surface area contributed by atoms with Crippen LogP contribution in [0, 0.1) is 0 Å². The Bertz CT molecular complexity index is 895. The monoisotopic (exact) mass is 386 g/mol. The summed E-state index contributed by atoms with van der Waals surface area (Å²) in [4.78, 5) is 0.289. The van der Waals surface area contributed by atoms with Gasteiger partial charge < -0.3 is 4.74 Å². The summed E-state index contributed by atoms with van der Waals surface area (Å²) < 4.78 is 59.5. The molecule has 1 aromatic carbocycles. The molecule has 1 saturated heterocycles. The smallest absolute Gasteiger partial charge is 0.244 e. The summed E-state index contributed by atoms with van der Waals surface area (Å²) in [6, 6.07) is 6.94. The Morgan fingerprint density at radius 2 is 2.00 bits per heavy atom. The zero-order chi connectivity index (χ0) is 17.9. The maximum atomic E-state index is 13.1. The normalized spacial score (nSPS) is 29.3. The summed E-state index contributed by atoms with van der Waals surface area (Å²) in [5.74, 6) is 0. The Balaban J connectivity index is 1.78. The summed E-state index contributed by atoms with van der Waals surface area (Å²) in [6.45, 7) is 1.02. The van der Waals surface area contributed by atoms with Crippen LogP contribution in [-0.4, -0.2) is 64.0 Å². The highest BCUT2D eigenvalue weighted by molar-refractivity contribution is 7.90. The molecule has 1 unspecified atom stereocenters. The van der Waals surface area contributed by atoms with E-state index in [2.05, 4.69) is 0 Å². The van der Waals surface area contributed by atoms with Crippen molar-refractivity contribution in [3.05, 3.63) is 29.8 Å². The average Bonchev–Trinajstić information content (AvgIpc) is 3.32. The Labute approximate surface area is 148 Å². The van der Waals surface area contributed by atoms with Gasteiger partial charge in [-0.2, -0.15) is 8.61 Å². The van der Waals surface area contributed by atoms with Crippen molar-refractivity contribution < 1.29 is 21.6 Å². The van der Waals surface area contributed by atoms with Crippen molar-refractivity contribution in [1.82, 2.24) is 8.61 Å². The minimum Gasteiger partial charge on any atom is -0.383 e. The van der Waals surface area contributed by atoms with Gasteiger partial charge in [-0.05, 0) is 30.9 Å². The van der Waals surface area contributed by atoms with Gasteiger partial charge in [0.1, 0.15) is 0 Å². The number of fused-ring (bicyclic) bond motifs is 2. The first-order valence-electron chi connectivity index (χ1n) is 8.44. The summed E-state index contributed by atoms with van der Waals surface area (Å²) in [7, 11) is -5.46. The third kappa shape index (κ3) is 2.48. The molecule has 1 spiro atoms. The molecule has 9 heteroatoms. The SMILES string of the molecule is COCCN1C2(CCN(S(=O)(=O)C3CC3)C2)c2ccccc2S1(=O)=O. The highest BCUT2D eigenvalue weighted by Crippen LogP contribution is 2.50. The molecule has 2 fully saturated rings. The zero-order valence-electron chi connectivity index (χ0n) is 14.1. The number of rotatable bonds is 5. The van der Waals surface area contributed by atoms with E-state index in [4.69, 9.17) is 4.74 Å². The molecule has 0 aromatic heterocycles. The molecular weight excluding hydrogens is 364 g/mol. The van der Waals surface area contributed by atoms with E-state index in [0.29, 0.717) is 31.4 Å². The second-order valence-electron chi connectivity index (χ2n) is 6.93. The van der Waals surface area contributed by atoms with Gasteiger partial charge in [0, 0.05) is 26.7 Å². The lowest BCUT2D eigenvalue weighted by Crippen LogP contribution is -2.48. The van der Waals surface area contributed by atoms with E-state index in [9.17, 15) is 16.8 Å². The van der Waals surface area contributed by atoms with Gasteiger partial charge in [0.15, 0.2) is 0 Å². The van der Waals surface area contributed by atoms with Crippen molar-refractivity contribution >= 4 is 20.0 Å². The number of sulfonamides is 2. The van der Waals surface area contributed by atoms with E-state index in [1.807, 2.05) is 12.1 Å². The van der Waals surface area contributed by atoms with Crippen LogP contribution in [0.15, 0.2) is 29.2 Å². The first-order valence-corrected chi connectivity index (χ1v) is 11.4. The molecule has 1 saturated carbocycles. The highest BCUT2D eigenvalue weighted by atomic mass is 32.2. The molecule has 25 heavy (non-hydrogen) atoms. The Kier molecular flexibility index (Phi) is 4.01. The van der Waals surface area contributed by atoms with E-state index < -0.39 is 25.6 Å². The molecule has 0 amide bonds. The minimum absolute atomic E-state index is 0.186. The largest absolute Gasteiger partial charge is 0.383 e. The molecule has 7 nitrogen and oxygen atoms in total. The molecular formula is C16H22N2O5S2. The van der Waals surface area contributed by atoms with Crippen LogP contribution < -0.4 is 0 Å². The summed E-state index contributed by atoms with van der Waals surface area (Å²) >= 11 is 0. The van der Waals surface area contributed by atoms with Crippen LogP contribution in [0.3, 0.4) is 0 Å². The number of hydrogen-bond donors (Lipinski definition) is 0. The topological polar surface area (TPSA) is 84.0 Å². The van der Waals surface area contributed by atoms with Crippen LogP contribution in [0.5, 0.6) is 0 Å². The van der Waals surface area contributed by atoms with Crippen LogP contribution in [-0.2, 0) is 30.3 Å². The fourth-order valence-electron chi connectivity index (χ4n) is 4.04. The van der Waals surface area contributed by atoms with Gasteiger partial charge in [-0.15, -0.1) is 0 Å². The van der Waals surface area contributed by atoms with Gasteiger partial charge in [-0.25, -0.2) is 16.8 Å². The third-order valence-electron chi connectivity index (χ3n) is 5.45. The Morgan fingerprint density at radius 1 is 1.28 bits per heavy atom. The number of nitrogens with zero attached hydrogens (tertiary/aromatic N) is 2. The second-order valence-corrected chi connectivity index (χ2v) is 11.0. The Hall–Kier alpha value is -1.00. The zero-order valence-corrected chi connectivity index (χ0v) is 15.7. The second kappa shape index (κ2) is 5.75. The first kappa shape index (κ1) is 17.4. The Morgan fingerprint density at radius 3 is 2.68 bits per heavy atom. The standard InChI is InChI=1S/C16H22N2O5S2/c1-23-11-10-18-16(14-4-2-3-5-15(14)25(18,21)22)8-9-17(12-16)24(19,20)13-6-7-13/h2-5,13H,6-12H2,1H3. The van der Waals surface area contributed by atoms with Crippen molar-refractivity contribution in [3.63, 3.8) is 0 Å². The molecule has 1 atom stereocenters. The van der Waals surface area contributed by atoms with E-state index >= 15 is 0 Å². The molecule has 2 heterocycles. The van der Waals surface area contributed by atoms with Crippen LogP contribution >= 0.6 is 0 Å². The summed E-state index contributed by atoms with van der Waals surface area (Å²) in [6.07, 6.45) is 1.88. The molecule has 0 bridgehead atoms. The van der Waals surface area contributed by atoms with Gasteiger partial charge in [0.05, 0.1) is 22.3 Å². The lowest BCUT2D eigenvalue weighted by Gasteiger charge is -2.33. The number of ether oxygens (including phenoxy) is 1. The molecule has 2 aliphatic heterocycles. The lowest BCUT2D eigenvalue weighted by molar-refractivity contribution is 0.135. The predicted octanol–water partition coefficient (Wildman–Crippen LogP) is 0.731. The maximum absolute atomic E-state index is 13.1. The average molecular weight is 386 g/mol.